The van der Waals surface area contributed by atoms with Gasteiger partial charge in [-0.1, -0.05) is 136 Å². The quantitative estimate of drug-likeness (QED) is 0.210. The number of hydrogen-bond acceptors (Lipinski definition) is 0. The minimum Gasteiger partial charge on any atom is -0.0654 e. The lowest BCUT2D eigenvalue weighted by molar-refractivity contribution is 0.546. The fourth-order valence-electron chi connectivity index (χ4n) is 3.09. The molecular formula is C22H44. The molecule has 0 aromatic carbocycles. The molecule has 0 amide bonds. The van der Waals surface area contributed by atoms with E-state index in [2.05, 4.69) is 20.3 Å². The van der Waals surface area contributed by atoms with Gasteiger partial charge in [0.15, 0.2) is 0 Å². The van der Waals surface area contributed by atoms with Crippen LogP contribution < -0.4 is 0 Å². The maximum atomic E-state index is 3.89. The molecule has 0 aromatic rings. The molecule has 0 heteroatoms. The average molecular weight is 309 g/mol. The molecule has 22 heavy (non-hydrogen) atoms. The minimum atomic E-state index is 1.12. The lowest BCUT2D eigenvalue weighted by atomic mass is 10.0. The van der Waals surface area contributed by atoms with Gasteiger partial charge in [0.25, 0.3) is 0 Å². The first-order chi connectivity index (χ1) is 10.9. The van der Waals surface area contributed by atoms with Gasteiger partial charge in [-0.3, -0.25) is 0 Å². The van der Waals surface area contributed by atoms with Crippen LogP contribution in [-0.4, -0.2) is 0 Å². The molecule has 0 N–H and O–H groups in total. The highest BCUT2D eigenvalue weighted by molar-refractivity contribution is 4.64. The Balaban J connectivity index is 2.91. The van der Waals surface area contributed by atoms with Gasteiger partial charge in [-0.25, -0.2) is 0 Å². The summed E-state index contributed by atoms with van der Waals surface area (Å²) in [5.74, 6) is 0. The van der Waals surface area contributed by atoms with Gasteiger partial charge in [-0.15, -0.1) is 0 Å². The highest BCUT2D eigenvalue weighted by Crippen LogP contribution is 2.14. The molecule has 0 atom stereocenters. The molecule has 0 spiro atoms. The molecule has 0 saturated carbocycles. The first-order valence-corrected chi connectivity index (χ1v) is 10.5. The predicted molar refractivity (Wildman–Crippen MR) is 103 cm³/mol. The molecule has 0 aliphatic carbocycles. The number of hydrogen-bond donors (Lipinski definition) is 0. The van der Waals surface area contributed by atoms with Crippen LogP contribution in [0.25, 0.3) is 0 Å². The summed E-state index contributed by atoms with van der Waals surface area (Å²) < 4.78 is 0. The topological polar surface area (TPSA) is 0 Å². The van der Waals surface area contributed by atoms with Gasteiger partial charge in [-0.05, 0) is 6.42 Å². The summed E-state index contributed by atoms with van der Waals surface area (Å²) in [7, 11) is 0. The second-order valence-electron chi connectivity index (χ2n) is 7.02. The highest BCUT2D eigenvalue weighted by Gasteiger charge is 1.95. The van der Waals surface area contributed by atoms with Crippen molar-refractivity contribution in [3.8, 4) is 0 Å². The van der Waals surface area contributed by atoms with E-state index in [4.69, 9.17) is 0 Å². The molecule has 132 valence electrons. The summed E-state index contributed by atoms with van der Waals surface area (Å²) in [6.45, 7) is 6.19. The molecule has 0 fully saturated rings. The van der Waals surface area contributed by atoms with Crippen molar-refractivity contribution in [3.63, 3.8) is 0 Å². The zero-order chi connectivity index (χ0) is 16.1. The van der Waals surface area contributed by atoms with Crippen molar-refractivity contribution in [2.45, 2.75) is 129 Å². The van der Waals surface area contributed by atoms with Crippen molar-refractivity contribution in [1.29, 1.82) is 0 Å². The third-order valence-corrected chi connectivity index (χ3v) is 4.67. The van der Waals surface area contributed by atoms with Crippen LogP contribution >= 0.6 is 0 Å². The van der Waals surface area contributed by atoms with Crippen LogP contribution in [-0.2, 0) is 0 Å². The predicted octanol–water partition coefficient (Wildman–Crippen LogP) is 8.46. The molecule has 2 radical (unpaired) electrons. The minimum absolute atomic E-state index is 1.12. The van der Waals surface area contributed by atoms with E-state index in [0.717, 1.165) is 6.42 Å². The van der Waals surface area contributed by atoms with Gasteiger partial charge in [0.05, 0.1) is 0 Å². The Kier molecular flexibility index (Phi) is 21.0. The van der Waals surface area contributed by atoms with Gasteiger partial charge in [0.1, 0.15) is 0 Å². The summed E-state index contributed by atoms with van der Waals surface area (Å²) in [4.78, 5) is 0. The van der Waals surface area contributed by atoms with E-state index < -0.39 is 0 Å². The molecule has 0 saturated heterocycles. The second kappa shape index (κ2) is 21.0. The van der Waals surface area contributed by atoms with E-state index >= 15 is 0 Å². The molecule has 0 nitrogen and oxygen atoms in total. The fraction of sp³-hybridized carbons (Fsp3) is 0.909. The van der Waals surface area contributed by atoms with Crippen molar-refractivity contribution in [2.75, 3.05) is 0 Å². The van der Waals surface area contributed by atoms with Crippen molar-refractivity contribution in [2.24, 2.45) is 0 Å². The standard InChI is InChI=1S/C22H44/c1-3-5-7-9-11-13-15-17-19-21-22-20-18-16-14-12-10-8-6-4-2/h17H,1,3-16,18-22H2,2H3. The summed E-state index contributed by atoms with van der Waals surface area (Å²) >= 11 is 0. The van der Waals surface area contributed by atoms with Crippen molar-refractivity contribution in [1.82, 2.24) is 0 Å². The lowest BCUT2D eigenvalue weighted by Gasteiger charge is -2.03. The van der Waals surface area contributed by atoms with Crippen molar-refractivity contribution < 1.29 is 0 Å². The first-order valence-electron chi connectivity index (χ1n) is 10.5. The highest BCUT2D eigenvalue weighted by atomic mass is 14.0. The summed E-state index contributed by atoms with van der Waals surface area (Å²) in [5.41, 5.74) is 0. The summed E-state index contributed by atoms with van der Waals surface area (Å²) in [6, 6.07) is 0. The van der Waals surface area contributed by atoms with E-state index in [9.17, 15) is 0 Å². The molecule has 0 aliphatic heterocycles. The molecule has 0 heterocycles. The van der Waals surface area contributed by atoms with Crippen molar-refractivity contribution >= 4 is 0 Å². The molecule has 0 unspecified atom stereocenters. The Labute approximate surface area is 142 Å². The van der Waals surface area contributed by atoms with Gasteiger partial charge >= 0.3 is 0 Å². The van der Waals surface area contributed by atoms with Crippen LogP contribution in [0.5, 0.6) is 0 Å². The van der Waals surface area contributed by atoms with Crippen LogP contribution in [0, 0.1) is 13.3 Å². The van der Waals surface area contributed by atoms with E-state index in [1.807, 2.05) is 0 Å². The SMILES string of the molecule is [CH2]CCCCCCC[CH]CCCCCCCCCCCCC. The van der Waals surface area contributed by atoms with Crippen LogP contribution in [0.15, 0.2) is 0 Å². The normalized spacial score (nSPS) is 11.2. The number of unbranched alkanes of at least 4 members (excludes halogenated alkanes) is 19. The Bertz CT molecular complexity index is 153. The Hall–Kier alpha value is 0. The van der Waals surface area contributed by atoms with Crippen LogP contribution in [0.3, 0.4) is 0 Å². The summed E-state index contributed by atoms with van der Waals surface area (Å²) in [5, 5.41) is 0. The van der Waals surface area contributed by atoms with Crippen LogP contribution in [0.2, 0.25) is 0 Å². The van der Waals surface area contributed by atoms with Crippen LogP contribution in [0.4, 0.5) is 0 Å². The Morgan fingerprint density at radius 2 is 0.864 bits per heavy atom. The smallest absolute Gasteiger partial charge is 0.0386 e. The zero-order valence-electron chi connectivity index (χ0n) is 15.7. The third kappa shape index (κ3) is 20.0. The maximum Gasteiger partial charge on any atom is -0.0386 e. The van der Waals surface area contributed by atoms with Gasteiger partial charge in [0, 0.05) is 0 Å². The van der Waals surface area contributed by atoms with E-state index in [0.29, 0.717) is 0 Å². The Morgan fingerprint density at radius 1 is 0.500 bits per heavy atom. The fourth-order valence-corrected chi connectivity index (χ4v) is 3.09. The molecule has 0 aromatic heterocycles. The number of rotatable bonds is 19. The third-order valence-electron chi connectivity index (χ3n) is 4.67. The van der Waals surface area contributed by atoms with E-state index in [-0.39, 0.29) is 0 Å². The molecule has 0 aliphatic rings. The average Bonchev–Trinajstić information content (AvgIpc) is 2.54. The lowest BCUT2D eigenvalue weighted by Crippen LogP contribution is -1.84. The molecule has 0 rings (SSSR count). The van der Waals surface area contributed by atoms with Gasteiger partial charge < -0.3 is 0 Å². The van der Waals surface area contributed by atoms with Gasteiger partial charge in [-0.2, -0.15) is 0 Å². The first kappa shape index (κ1) is 22.0. The molecular weight excluding hydrogens is 264 g/mol. The second-order valence-corrected chi connectivity index (χ2v) is 7.02. The maximum absolute atomic E-state index is 3.89. The van der Waals surface area contributed by atoms with E-state index in [1.165, 1.54) is 116 Å². The zero-order valence-corrected chi connectivity index (χ0v) is 15.7. The largest absolute Gasteiger partial charge is 0.0654 e. The Morgan fingerprint density at radius 3 is 1.27 bits per heavy atom. The molecule has 0 bridgehead atoms. The van der Waals surface area contributed by atoms with Crippen molar-refractivity contribution in [3.05, 3.63) is 13.3 Å². The van der Waals surface area contributed by atoms with E-state index in [1.54, 1.807) is 0 Å². The summed E-state index contributed by atoms with van der Waals surface area (Å²) in [6.07, 6.45) is 29.3. The van der Waals surface area contributed by atoms with Gasteiger partial charge in [0.2, 0.25) is 0 Å². The van der Waals surface area contributed by atoms with Crippen LogP contribution in [0.1, 0.15) is 129 Å². The monoisotopic (exact) mass is 308 g/mol.